The van der Waals surface area contributed by atoms with Gasteiger partial charge in [-0.25, -0.2) is 4.79 Å². The summed E-state index contributed by atoms with van der Waals surface area (Å²) >= 11 is 11.8. The van der Waals surface area contributed by atoms with Crippen LogP contribution in [0, 0.1) is 5.92 Å². The van der Waals surface area contributed by atoms with Gasteiger partial charge in [-0.3, -0.25) is 4.79 Å². The average Bonchev–Trinajstić information content (AvgIpc) is 2.78. The van der Waals surface area contributed by atoms with E-state index < -0.39 is 5.97 Å². The van der Waals surface area contributed by atoms with Crippen molar-refractivity contribution in [2.24, 2.45) is 5.92 Å². The first-order chi connectivity index (χ1) is 9.38. The van der Waals surface area contributed by atoms with E-state index in [9.17, 15) is 9.59 Å². The highest BCUT2D eigenvalue weighted by Crippen LogP contribution is 2.31. The van der Waals surface area contributed by atoms with Crippen LogP contribution in [0.3, 0.4) is 0 Å². The van der Waals surface area contributed by atoms with Crippen LogP contribution in [0.1, 0.15) is 16.8 Å². The van der Waals surface area contributed by atoms with E-state index in [1.165, 1.54) is 12.1 Å². The van der Waals surface area contributed by atoms with Gasteiger partial charge in [0.15, 0.2) is 0 Å². The molecule has 7 heteroatoms. The molecule has 20 heavy (non-hydrogen) atoms. The molecule has 0 aromatic heterocycles. The SMILES string of the molecule is CN1CCC(C(=O)Nc2c(Cl)cc(Cl)cc2C(=O)O)C1. The van der Waals surface area contributed by atoms with Gasteiger partial charge in [0, 0.05) is 11.6 Å². The third kappa shape index (κ3) is 3.23. The second-order valence-corrected chi connectivity index (χ2v) is 5.70. The molecule has 1 saturated heterocycles. The minimum absolute atomic E-state index is 0.100. The van der Waals surface area contributed by atoms with E-state index in [2.05, 4.69) is 5.32 Å². The number of benzene rings is 1. The Morgan fingerprint density at radius 1 is 1.40 bits per heavy atom. The molecule has 1 amide bonds. The number of nitrogens with zero attached hydrogens (tertiary/aromatic N) is 1. The molecule has 0 spiro atoms. The van der Waals surface area contributed by atoms with E-state index in [0.717, 1.165) is 13.0 Å². The Labute approximate surface area is 126 Å². The van der Waals surface area contributed by atoms with Crippen LogP contribution in [0.4, 0.5) is 5.69 Å². The first kappa shape index (κ1) is 15.1. The summed E-state index contributed by atoms with van der Waals surface area (Å²) in [5.41, 5.74) is -0.00896. The maximum atomic E-state index is 12.1. The number of carbonyl (C=O) groups excluding carboxylic acids is 1. The Hall–Kier alpha value is -1.30. The van der Waals surface area contributed by atoms with Crippen molar-refractivity contribution in [1.82, 2.24) is 4.90 Å². The summed E-state index contributed by atoms with van der Waals surface area (Å²) in [5, 5.41) is 12.1. The van der Waals surface area contributed by atoms with Crippen molar-refractivity contribution >= 4 is 40.8 Å². The highest BCUT2D eigenvalue weighted by atomic mass is 35.5. The van der Waals surface area contributed by atoms with Crippen molar-refractivity contribution in [3.05, 3.63) is 27.7 Å². The Balaban J connectivity index is 2.24. The lowest BCUT2D eigenvalue weighted by Gasteiger charge is -2.14. The molecule has 1 aliphatic heterocycles. The van der Waals surface area contributed by atoms with E-state index in [1.54, 1.807) is 0 Å². The fourth-order valence-corrected chi connectivity index (χ4v) is 2.78. The molecule has 2 rings (SSSR count). The van der Waals surface area contributed by atoms with E-state index in [4.69, 9.17) is 28.3 Å². The molecule has 0 saturated carbocycles. The molecular weight excluding hydrogens is 303 g/mol. The average molecular weight is 317 g/mol. The van der Waals surface area contributed by atoms with Gasteiger partial charge < -0.3 is 15.3 Å². The van der Waals surface area contributed by atoms with Gasteiger partial charge in [0.05, 0.1) is 22.2 Å². The molecule has 1 aliphatic rings. The van der Waals surface area contributed by atoms with Gasteiger partial charge in [-0.05, 0) is 32.1 Å². The summed E-state index contributed by atoms with van der Waals surface area (Å²) in [7, 11) is 1.94. The fraction of sp³-hybridized carbons (Fsp3) is 0.385. The van der Waals surface area contributed by atoms with Crippen LogP contribution in [-0.2, 0) is 4.79 Å². The Kier molecular flexibility index (Phi) is 4.52. The molecule has 1 heterocycles. The van der Waals surface area contributed by atoms with Crippen molar-refractivity contribution in [2.75, 3.05) is 25.5 Å². The first-order valence-corrected chi connectivity index (χ1v) is 6.86. The first-order valence-electron chi connectivity index (χ1n) is 6.10. The van der Waals surface area contributed by atoms with Gasteiger partial charge in [-0.15, -0.1) is 0 Å². The third-order valence-corrected chi connectivity index (χ3v) is 3.81. The normalized spacial score (nSPS) is 19.1. The minimum Gasteiger partial charge on any atom is -0.478 e. The number of nitrogens with one attached hydrogen (secondary N) is 1. The van der Waals surface area contributed by atoms with Crippen molar-refractivity contribution in [3.63, 3.8) is 0 Å². The van der Waals surface area contributed by atoms with E-state index in [1.807, 2.05) is 11.9 Å². The Bertz CT molecular complexity index is 563. The molecule has 0 bridgehead atoms. The molecule has 1 aromatic rings. The molecule has 2 N–H and O–H groups in total. The highest BCUT2D eigenvalue weighted by molar-refractivity contribution is 6.37. The summed E-state index contributed by atoms with van der Waals surface area (Å²) in [4.78, 5) is 25.4. The standard InChI is InChI=1S/C13H14Cl2N2O3/c1-17-3-2-7(6-17)12(18)16-11-9(13(19)20)4-8(14)5-10(11)15/h4-5,7H,2-3,6H2,1H3,(H,16,18)(H,19,20). The van der Waals surface area contributed by atoms with Gasteiger partial charge in [0.25, 0.3) is 0 Å². The summed E-state index contributed by atoms with van der Waals surface area (Å²) in [6.45, 7) is 1.50. The monoisotopic (exact) mass is 316 g/mol. The number of hydrogen-bond acceptors (Lipinski definition) is 3. The number of anilines is 1. The van der Waals surface area contributed by atoms with Crippen molar-refractivity contribution < 1.29 is 14.7 Å². The van der Waals surface area contributed by atoms with Gasteiger partial charge >= 0.3 is 5.97 Å². The zero-order chi connectivity index (χ0) is 14.9. The molecule has 1 fully saturated rings. The van der Waals surface area contributed by atoms with Crippen LogP contribution >= 0.6 is 23.2 Å². The maximum Gasteiger partial charge on any atom is 0.337 e. The lowest BCUT2D eigenvalue weighted by atomic mass is 10.1. The number of carboxylic acid groups (broad SMARTS) is 1. The van der Waals surface area contributed by atoms with Gasteiger partial charge in [0.2, 0.25) is 5.91 Å². The maximum absolute atomic E-state index is 12.1. The highest BCUT2D eigenvalue weighted by Gasteiger charge is 2.27. The molecule has 108 valence electrons. The topological polar surface area (TPSA) is 69.6 Å². The third-order valence-electron chi connectivity index (χ3n) is 3.30. The second-order valence-electron chi connectivity index (χ2n) is 4.85. The van der Waals surface area contributed by atoms with E-state index >= 15 is 0 Å². The Morgan fingerprint density at radius 2 is 2.10 bits per heavy atom. The molecular formula is C13H14Cl2N2O3. The van der Waals surface area contributed by atoms with Crippen LogP contribution in [0.25, 0.3) is 0 Å². The van der Waals surface area contributed by atoms with Crippen molar-refractivity contribution in [2.45, 2.75) is 6.42 Å². The zero-order valence-electron chi connectivity index (χ0n) is 10.8. The predicted molar refractivity (Wildman–Crippen MR) is 77.7 cm³/mol. The van der Waals surface area contributed by atoms with Crippen LogP contribution in [0.15, 0.2) is 12.1 Å². The summed E-state index contributed by atoms with van der Waals surface area (Å²) < 4.78 is 0. The largest absolute Gasteiger partial charge is 0.478 e. The number of hydrogen-bond donors (Lipinski definition) is 2. The van der Waals surface area contributed by atoms with Gasteiger partial charge in [0.1, 0.15) is 0 Å². The number of likely N-dealkylation sites (tertiary alicyclic amines) is 1. The summed E-state index contributed by atoms with van der Waals surface area (Å²) in [6.07, 6.45) is 0.746. The Morgan fingerprint density at radius 3 is 2.65 bits per heavy atom. The quantitative estimate of drug-likeness (QED) is 0.899. The number of halogens is 2. The lowest BCUT2D eigenvalue weighted by molar-refractivity contribution is -0.119. The van der Waals surface area contributed by atoms with Crippen molar-refractivity contribution in [1.29, 1.82) is 0 Å². The van der Waals surface area contributed by atoms with Gasteiger partial charge in [-0.2, -0.15) is 0 Å². The van der Waals surface area contributed by atoms with Crippen LogP contribution < -0.4 is 5.32 Å². The molecule has 0 aliphatic carbocycles. The van der Waals surface area contributed by atoms with Crippen molar-refractivity contribution in [3.8, 4) is 0 Å². The number of carboxylic acids is 1. The number of aromatic carboxylic acids is 1. The van der Waals surface area contributed by atoms with Crippen LogP contribution in [-0.4, -0.2) is 42.0 Å². The summed E-state index contributed by atoms with van der Waals surface area (Å²) in [5.74, 6) is -1.57. The number of carbonyl (C=O) groups is 2. The van der Waals surface area contributed by atoms with Gasteiger partial charge in [-0.1, -0.05) is 23.2 Å². The van der Waals surface area contributed by atoms with Crippen LogP contribution in [0.5, 0.6) is 0 Å². The van der Waals surface area contributed by atoms with E-state index in [-0.39, 0.29) is 33.1 Å². The predicted octanol–water partition coefficient (Wildman–Crippen LogP) is 2.58. The summed E-state index contributed by atoms with van der Waals surface area (Å²) in [6, 6.07) is 2.68. The van der Waals surface area contributed by atoms with Crippen LogP contribution in [0.2, 0.25) is 10.0 Å². The molecule has 1 unspecified atom stereocenters. The number of rotatable bonds is 3. The lowest BCUT2D eigenvalue weighted by Crippen LogP contribution is -2.26. The zero-order valence-corrected chi connectivity index (χ0v) is 12.3. The molecule has 5 nitrogen and oxygen atoms in total. The molecule has 0 radical (unpaired) electrons. The molecule has 1 atom stereocenters. The molecule has 1 aromatic carbocycles. The second kappa shape index (κ2) is 5.99. The minimum atomic E-state index is -1.19. The number of amides is 1. The smallest absolute Gasteiger partial charge is 0.337 e. The van der Waals surface area contributed by atoms with E-state index in [0.29, 0.717) is 6.54 Å². The fourth-order valence-electron chi connectivity index (χ4n) is 2.24.